The molecule has 1 saturated heterocycles. The molecule has 15 heteroatoms. The summed E-state index contributed by atoms with van der Waals surface area (Å²) < 4.78 is 11.7. The van der Waals surface area contributed by atoms with Gasteiger partial charge in [-0.2, -0.15) is 0 Å². The molecule has 2 heterocycles. The zero-order valence-electron chi connectivity index (χ0n) is 29.1. The highest BCUT2D eigenvalue weighted by Gasteiger charge is 2.41. The van der Waals surface area contributed by atoms with Crippen LogP contribution in [-0.2, 0) is 44.7 Å². The number of likely N-dealkylation sites (N-methyl/N-ethyl adjacent to an activating group) is 1. The number of hydrogen-bond acceptors (Lipinski definition) is 9. The van der Waals surface area contributed by atoms with Crippen molar-refractivity contribution in [1.29, 1.82) is 0 Å². The summed E-state index contributed by atoms with van der Waals surface area (Å²) in [7, 11) is 3.10. The zero-order valence-corrected chi connectivity index (χ0v) is 29.1. The van der Waals surface area contributed by atoms with Crippen molar-refractivity contribution in [3.63, 3.8) is 0 Å². The summed E-state index contributed by atoms with van der Waals surface area (Å²) in [5.74, 6) is -3.99. The van der Waals surface area contributed by atoms with Crippen molar-refractivity contribution in [2.24, 2.45) is 0 Å². The van der Waals surface area contributed by atoms with E-state index in [0.29, 0.717) is 24.2 Å². The summed E-state index contributed by atoms with van der Waals surface area (Å²) in [6, 6.07) is 12.7. The molecule has 4 atom stereocenters. The number of Topliss-reactive ketones (excluding diaryl/α,β-unsaturated/α-hetero) is 1. The molecular formula is C36H46N6O9. The van der Waals surface area contributed by atoms with E-state index in [-0.39, 0.29) is 57.4 Å². The zero-order chi connectivity index (χ0) is 36.9. The Labute approximate surface area is 296 Å². The Balaban J connectivity index is 1.37. The van der Waals surface area contributed by atoms with Crippen molar-refractivity contribution >= 4 is 41.2 Å². The van der Waals surface area contributed by atoms with E-state index in [2.05, 4.69) is 21.3 Å². The third-order valence-corrected chi connectivity index (χ3v) is 8.54. The van der Waals surface area contributed by atoms with Gasteiger partial charge in [0.15, 0.2) is 0 Å². The van der Waals surface area contributed by atoms with Gasteiger partial charge in [0.2, 0.25) is 35.3 Å². The largest absolute Gasteiger partial charge is 0.491 e. The van der Waals surface area contributed by atoms with Crippen LogP contribution in [0.15, 0.2) is 54.6 Å². The molecule has 1 fully saturated rings. The summed E-state index contributed by atoms with van der Waals surface area (Å²) in [5.41, 5.74) is 1.45. The van der Waals surface area contributed by atoms with Crippen LogP contribution in [0.4, 0.5) is 0 Å². The maximum absolute atomic E-state index is 13.6. The van der Waals surface area contributed by atoms with Crippen LogP contribution in [0, 0.1) is 0 Å². The molecule has 0 aliphatic carbocycles. The average molecular weight is 707 g/mol. The van der Waals surface area contributed by atoms with Crippen LogP contribution in [-0.4, -0.2) is 116 Å². The van der Waals surface area contributed by atoms with Gasteiger partial charge >= 0.3 is 0 Å². The molecule has 1 unspecified atom stereocenters. The third-order valence-electron chi connectivity index (χ3n) is 8.54. The van der Waals surface area contributed by atoms with E-state index in [1.165, 1.54) is 9.80 Å². The Bertz CT molecular complexity index is 1580. The molecule has 0 aromatic heterocycles. The van der Waals surface area contributed by atoms with Gasteiger partial charge in [-0.25, -0.2) is 0 Å². The standard InChI is InChI=1S/C36H46N6O9/c1-4-9-27(33(46)35(48)38-20-30(44)40-32(36(49)41(2)3)24-11-6-5-7-12-24)39-34(47)28-19-26-22-42(28)31(45)21-37-29(43)15-14-23-10-8-13-25(18-23)50-16-17-51-26/h5-8,10-13,18,26-28,32H,4,9,14-17,19-22H2,1-3H3,(H,37,43)(H,38,48)(H,39,47)(H,40,44)/t26-,27?,28+,32+/m1/s1. The second-order valence-corrected chi connectivity index (χ2v) is 12.6. The quantitative estimate of drug-likeness (QED) is 0.234. The first-order valence-electron chi connectivity index (χ1n) is 17.0. The van der Waals surface area contributed by atoms with Gasteiger partial charge in [0, 0.05) is 33.5 Å². The number of benzene rings is 2. The summed E-state index contributed by atoms with van der Waals surface area (Å²) >= 11 is 0. The number of fused-ring (bicyclic) bond motifs is 4. The molecule has 2 aromatic carbocycles. The van der Waals surface area contributed by atoms with Crippen molar-refractivity contribution in [1.82, 2.24) is 31.1 Å². The molecule has 0 saturated carbocycles. The minimum Gasteiger partial charge on any atom is -0.491 e. The Morgan fingerprint density at radius 1 is 0.980 bits per heavy atom. The predicted molar refractivity (Wildman–Crippen MR) is 184 cm³/mol. The number of amides is 6. The molecule has 0 spiro atoms. The molecule has 4 N–H and O–H groups in total. The van der Waals surface area contributed by atoms with E-state index in [0.717, 1.165) is 5.56 Å². The smallest absolute Gasteiger partial charge is 0.290 e. The number of ether oxygens (including phenoxy) is 2. The lowest BCUT2D eigenvalue weighted by Crippen LogP contribution is -2.54. The van der Waals surface area contributed by atoms with Crippen LogP contribution < -0.4 is 26.0 Å². The van der Waals surface area contributed by atoms with Gasteiger partial charge in [-0.3, -0.25) is 33.6 Å². The van der Waals surface area contributed by atoms with Crippen molar-refractivity contribution in [3.05, 3.63) is 65.7 Å². The Morgan fingerprint density at radius 3 is 2.47 bits per heavy atom. The van der Waals surface area contributed by atoms with E-state index in [1.54, 1.807) is 51.4 Å². The first-order valence-corrected chi connectivity index (χ1v) is 17.0. The van der Waals surface area contributed by atoms with E-state index in [9.17, 15) is 33.6 Å². The lowest BCUT2D eigenvalue weighted by Gasteiger charge is -2.26. The van der Waals surface area contributed by atoms with Gasteiger partial charge in [-0.05, 0) is 36.1 Å². The van der Waals surface area contributed by atoms with Crippen LogP contribution in [0.2, 0.25) is 0 Å². The fraction of sp³-hybridized carbons (Fsp3) is 0.472. The highest BCUT2D eigenvalue weighted by molar-refractivity contribution is 6.38. The summed E-state index contributed by atoms with van der Waals surface area (Å²) in [6.45, 7) is 1.35. The van der Waals surface area contributed by atoms with Crippen molar-refractivity contribution in [2.75, 3.05) is 46.9 Å². The topological polar surface area (TPSA) is 193 Å². The Morgan fingerprint density at radius 2 is 1.75 bits per heavy atom. The predicted octanol–water partition coefficient (Wildman–Crippen LogP) is 0.0298. The van der Waals surface area contributed by atoms with Crippen LogP contribution in [0.1, 0.15) is 49.8 Å². The van der Waals surface area contributed by atoms with E-state index < -0.39 is 60.2 Å². The number of rotatable bonds is 11. The highest BCUT2D eigenvalue weighted by Crippen LogP contribution is 2.22. The van der Waals surface area contributed by atoms with Crippen LogP contribution in [0.5, 0.6) is 5.75 Å². The van der Waals surface area contributed by atoms with E-state index in [1.807, 2.05) is 24.3 Å². The van der Waals surface area contributed by atoms with Crippen molar-refractivity contribution < 1.29 is 43.0 Å². The molecule has 2 aromatic rings. The SMILES string of the molecule is CCCC(NC(=O)[C@@H]1C[C@@H]2CN1C(=O)CNC(=O)CCc1cccc(c1)OCCO2)C(=O)C(=O)NCC(=O)N[C@H](C(=O)N(C)C)c1ccccc1. The minimum atomic E-state index is -1.24. The van der Waals surface area contributed by atoms with Crippen molar-refractivity contribution in [2.45, 2.75) is 63.3 Å². The molecule has 274 valence electrons. The number of hydrogen-bond donors (Lipinski definition) is 4. The lowest BCUT2D eigenvalue weighted by molar-refractivity contribution is -0.142. The summed E-state index contributed by atoms with van der Waals surface area (Å²) in [6.07, 6.45) is 0.743. The maximum Gasteiger partial charge on any atom is 0.290 e. The number of nitrogens with one attached hydrogen (secondary N) is 4. The Hall–Kier alpha value is -5.31. The second kappa shape index (κ2) is 18.6. The summed E-state index contributed by atoms with van der Waals surface area (Å²) in [4.78, 5) is 93.8. The fourth-order valence-electron chi connectivity index (χ4n) is 5.86. The second-order valence-electron chi connectivity index (χ2n) is 12.6. The van der Waals surface area contributed by atoms with Gasteiger partial charge in [0.05, 0.1) is 31.8 Å². The fourth-order valence-corrected chi connectivity index (χ4v) is 5.86. The monoisotopic (exact) mass is 706 g/mol. The van der Waals surface area contributed by atoms with Crippen LogP contribution >= 0.6 is 0 Å². The number of carbonyl (C=O) groups is 7. The molecule has 0 radical (unpaired) electrons. The average Bonchev–Trinajstić information content (AvgIpc) is 3.56. The molecule has 2 aliphatic heterocycles. The first kappa shape index (κ1) is 38.5. The normalized spacial score (nSPS) is 19.1. The molecule has 51 heavy (non-hydrogen) atoms. The minimum absolute atomic E-state index is 0.0740. The third kappa shape index (κ3) is 11.1. The summed E-state index contributed by atoms with van der Waals surface area (Å²) in [5, 5.41) is 10.1. The molecule has 6 amide bonds. The molecular weight excluding hydrogens is 660 g/mol. The number of aryl methyl sites for hydroxylation is 1. The van der Waals surface area contributed by atoms with E-state index in [4.69, 9.17) is 9.47 Å². The highest BCUT2D eigenvalue weighted by atomic mass is 16.5. The lowest BCUT2D eigenvalue weighted by atomic mass is 10.0. The number of nitrogens with zero attached hydrogens (tertiary/aromatic N) is 2. The van der Waals surface area contributed by atoms with Gasteiger partial charge in [0.25, 0.3) is 5.91 Å². The van der Waals surface area contributed by atoms with Crippen LogP contribution in [0.25, 0.3) is 0 Å². The van der Waals surface area contributed by atoms with Gasteiger partial charge in [0.1, 0.15) is 24.4 Å². The molecule has 4 rings (SSSR count). The first-order chi connectivity index (χ1) is 24.5. The molecule has 15 nitrogen and oxygen atoms in total. The van der Waals surface area contributed by atoms with Crippen molar-refractivity contribution in [3.8, 4) is 5.75 Å². The maximum atomic E-state index is 13.6. The number of carbonyl (C=O) groups excluding carboxylic acids is 7. The van der Waals surface area contributed by atoms with Gasteiger partial charge in [-0.1, -0.05) is 55.8 Å². The molecule has 4 bridgehead atoms. The Kier molecular flexibility index (Phi) is 14.1. The van der Waals surface area contributed by atoms with Gasteiger partial charge in [-0.15, -0.1) is 0 Å². The van der Waals surface area contributed by atoms with E-state index >= 15 is 0 Å². The molecule has 2 aliphatic rings. The number of ketones is 1. The van der Waals surface area contributed by atoms with Gasteiger partial charge < -0.3 is 40.5 Å². The van der Waals surface area contributed by atoms with Crippen LogP contribution in [0.3, 0.4) is 0 Å².